The molecule has 8 heteroatoms. The van der Waals surface area contributed by atoms with Crippen molar-refractivity contribution in [3.63, 3.8) is 0 Å². The smallest absolute Gasteiger partial charge is 0.227 e. The molecule has 138 valence electrons. The molecule has 0 saturated carbocycles. The van der Waals surface area contributed by atoms with Crippen molar-refractivity contribution < 1.29 is 9.59 Å². The van der Waals surface area contributed by atoms with E-state index < -0.39 is 5.91 Å². The second-order valence-electron chi connectivity index (χ2n) is 5.69. The van der Waals surface area contributed by atoms with E-state index in [0.29, 0.717) is 18.0 Å². The minimum atomic E-state index is -0.403. The summed E-state index contributed by atoms with van der Waals surface area (Å²) in [4.78, 5) is 33.0. The number of nitrogens with zero attached hydrogens (tertiary/aromatic N) is 2. The highest BCUT2D eigenvalue weighted by atomic mass is 32.2. The van der Waals surface area contributed by atoms with Gasteiger partial charge in [-0.1, -0.05) is 17.8 Å². The highest BCUT2D eigenvalue weighted by Gasteiger charge is 2.12. The van der Waals surface area contributed by atoms with E-state index in [4.69, 9.17) is 5.73 Å². The number of thioether (sulfide) groups is 2. The maximum atomic E-state index is 12.2. The maximum absolute atomic E-state index is 12.2. The molecule has 0 fully saturated rings. The lowest BCUT2D eigenvalue weighted by atomic mass is 10.1. The van der Waals surface area contributed by atoms with E-state index in [1.165, 1.54) is 11.8 Å². The van der Waals surface area contributed by atoms with Crippen LogP contribution in [0.25, 0.3) is 0 Å². The van der Waals surface area contributed by atoms with Crippen molar-refractivity contribution in [2.24, 2.45) is 5.73 Å². The number of aryl methyl sites for hydroxylation is 2. The van der Waals surface area contributed by atoms with E-state index in [2.05, 4.69) is 15.3 Å². The van der Waals surface area contributed by atoms with Gasteiger partial charge >= 0.3 is 0 Å². The van der Waals surface area contributed by atoms with Gasteiger partial charge in [-0.2, -0.15) is 0 Å². The van der Waals surface area contributed by atoms with Crippen LogP contribution in [0.1, 0.15) is 23.4 Å². The zero-order valence-electron chi connectivity index (χ0n) is 15.0. The molecule has 0 unspecified atom stereocenters. The topological polar surface area (TPSA) is 98.0 Å². The first-order valence-electron chi connectivity index (χ1n) is 8.08. The third-order valence-electron chi connectivity index (χ3n) is 3.70. The summed E-state index contributed by atoms with van der Waals surface area (Å²) < 4.78 is 0. The monoisotopic (exact) mass is 390 g/mol. The number of aromatic nitrogens is 2. The van der Waals surface area contributed by atoms with Crippen LogP contribution in [0.3, 0.4) is 0 Å². The minimum Gasteiger partial charge on any atom is -0.369 e. The van der Waals surface area contributed by atoms with Crippen LogP contribution in [-0.4, -0.2) is 33.8 Å². The molecular formula is C18H22N4O2S2. The lowest BCUT2D eigenvalue weighted by molar-refractivity contribution is -0.116. The number of benzene rings is 1. The van der Waals surface area contributed by atoms with Crippen LogP contribution in [-0.2, 0) is 16.0 Å². The first kappa shape index (κ1) is 20.3. The van der Waals surface area contributed by atoms with Crippen molar-refractivity contribution in [2.45, 2.75) is 36.7 Å². The molecule has 0 saturated heterocycles. The summed E-state index contributed by atoms with van der Waals surface area (Å²) in [5.74, 6) is -0.301. The predicted molar refractivity (Wildman–Crippen MR) is 107 cm³/mol. The van der Waals surface area contributed by atoms with Crippen molar-refractivity contribution in [2.75, 3.05) is 17.3 Å². The molecule has 0 aliphatic rings. The molecule has 0 bridgehead atoms. The molecule has 0 radical (unpaired) electrons. The average molecular weight is 391 g/mol. The van der Waals surface area contributed by atoms with Crippen molar-refractivity contribution in [3.8, 4) is 0 Å². The highest BCUT2D eigenvalue weighted by Crippen LogP contribution is 2.21. The van der Waals surface area contributed by atoms with Gasteiger partial charge in [-0.05, 0) is 50.3 Å². The van der Waals surface area contributed by atoms with Crippen LogP contribution in [0.2, 0.25) is 0 Å². The van der Waals surface area contributed by atoms with E-state index in [0.717, 1.165) is 27.5 Å². The number of nitrogens with two attached hydrogens (primary N) is 1. The second kappa shape index (κ2) is 9.59. The van der Waals surface area contributed by atoms with E-state index in [9.17, 15) is 9.59 Å². The van der Waals surface area contributed by atoms with Crippen molar-refractivity contribution in [3.05, 3.63) is 41.2 Å². The van der Waals surface area contributed by atoms with Crippen LogP contribution in [0.5, 0.6) is 0 Å². The standard InChI is InChI=1S/C18H22N4O2S2/c1-11-15(12(2)21-18(20-11)26-10-16(19)23)7-8-17(24)22-13-5-4-6-14(9-13)25-3/h4-6,9H,7-8,10H2,1-3H3,(H2,19,23)(H,22,24). The summed E-state index contributed by atoms with van der Waals surface area (Å²) >= 11 is 2.85. The molecule has 1 heterocycles. The molecule has 1 aromatic heterocycles. The Balaban J connectivity index is 1.97. The van der Waals surface area contributed by atoms with E-state index >= 15 is 0 Å². The quantitative estimate of drug-likeness (QED) is 0.531. The number of hydrogen-bond donors (Lipinski definition) is 2. The van der Waals surface area contributed by atoms with E-state index in [-0.39, 0.29) is 11.7 Å². The van der Waals surface area contributed by atoms with Gasteiger partial charge in [0, 0.05) is 28.4 Å². The second-order valence-corrected chi connectivity index (χ2v) is 7.51. The lowest BCUT2D eigenvalue weighted by Gasteiger charge is -2.11. The Morgan fingerprint density at radius 1 is 1.19 bits per heavy atom. The summed E-state index contributed by atoms with van der Waals surface area (Å²) in [6.07, 6.45) is 2.91. The molecule has 3 N–H and O–H groups in total. The van der Waals surface area contributed by atoms with Gasteiger partial charge in [0.05, 0.1) is 5.75 Å². The Labute approximate surface area is 161 Å². The number of amides is 2. The number of carbonyl (C=O) groups excluding carboxylic acids is 2. The molecule has 1 aromatic carbocycles. The number of hydrogen-bond acceptors (Lipinski definition) is 6. The third-order valence-corrected chi connectivity index (χ3v) is 5.29. The molecule has 2 rings (SSSR count). The van der Waals surface area contributed by atoms with E-state index in [1.54, 1.807) is 11.8 Å². The molecule has 26 heavy (non-hydrogen) atoms. The SMILES string of the molecule is CSc1cccc(NC(=O)CCc2c(C)nc(SCC(N)=O)nc2C)c1. The zero-order valence-corrected chi connectivity index (χ0v) is 16.7. The van der Waals surface area contributed by atoms with Crippen LogP contribution in [0.15, 0.2) is 34.3 Å². The third kappa shape index (κ3) is 6.03. The van der Waals surface area contributed by atoms with Crippen LogP contribution in [0, 0.1) is 13.8 Å². The maximum Gasteiger partial charge on any atom is 0.227 e. The Kier molecular flexibility index (Phi) is 7.47. The molecule has 0 aliphatic carbocycles. The molecule has 2 aromatic rings. The normalized spacial score (nSPS) is 10.6. The predicted octanol–water partition coefficient (Wildman–Crippen LogP) is 2.96. The average Bonchev–Trinajstić information content (AvgIpc) is 2.59. The number of anilines is 1. The van der Waals surface area contributed by atoms with Crippen molar-refractivity contribution in [1.82, 2.24) is 9.97 Å². The largest absolute Gasteiger partial charge is 0.369 e. The summed E-state index contributed by atoms with van der Waals surface area (Å²) in [6, 6.07) is 7.75. The number of nitrogens with one attached hydrogen (secondary N) is 1. The van der Waals surface area contributed by atoms with Gasteiger partial charge in [0.25, 0.3) is 0 Å². The summed E-state index contributed by atoms with van der Waals surface area (Å²) in [5, 5.41) is 3.45. The van der Waals surface area contributed by atoms with E-state index in [1.807, 2.05) is 44.4 Å². The lowest BCUT2D eigenvalue weighted by Crippen LogP contribution is -2.15. The Morgan fingerprint density at radius 3 is 2.50 bits per heavy atom. The van der Waals surface area contributed by atoms with Gasteiger partial charge in [0.15, 0.2) is 5.16 Å². The van der Waals surface area contributed by atoms with Crippen LogP contribution in [0.4, 0.5) is 5.69 Å². The fourth-order valence-electron chi connectivity index (χ4n) is 2.43. The van der Waals surface area contributed by atoms with Gasteiger partial charge in [-0.25, -0.2) is 9.97 Å². The van der Waals surface area contributed by atoms with Crippen molar-refractivity contribution >= 4 is 41.0 Å². The van der Waals surface area contributed by atoms with Crippen molar-refractivity contribution in [1.29, 1.82) is 0 Å². The summed E-state index contributed by atoms with van der Waals surface area (Å²) in [6.45, 7) is 3.77. The highest BCUT2D eigenvalue weighted by molar-refractivity contribution is 7.99. The number of rotatable bonds is 8. The van der Waals surface area contributed by atoms with Crippen LogP contribution < -0.4 is 11.1 Å². The molecule has 0 spiro atoms. The molecule has 0 atom stereocenters. The Bertz CT molecular complexity index is 789. The van der Waals surface area contributed by atoms with Gasteiger partial charge in [-0.15, -0.1) is 11.8 Å². The van der Waals surface area contributed by atoms with Gasteiger partial charge in [0.1, 0.15) is 0 Å². The molecular weight excluding hydrogens is 368 g/mol. The summed E-state index contributed by atoms with van der Waals surface area (Å²) in [7, 11) is 0. The molecule has 2 amide bonds. The molecule has 0 aliphatic heterocycles. The fourth-order valence-corrected chi connectivity index (χ4v) is 3.57. The first-order valence-corrected chi connectivity index (χ1v) is 10.3. The Hall–Kier alpha value is -2.06. The van der Waals surface area contributed by atoms with Gasteiger partial charge in [0.2, 0.25) is 11.8 Å². The number of carbonyl (C=O) groups is 2. The zero-order chi connectivity index (χ0) is 19.1. The first-order chi connectivity index (χ1) is 12.4. The Morgan fingerprint density at radius 2 is 1.88 bits per heavy atom. The van der Waals surface area contributed by atoms with Crippen LogP contribution >= 0.6 is 23.5 Å². The summed E-state index contributed by atoms with van der Waals surface area (Å²) in [5.41, 5.74) is 8.55. The fraction of sp³-hybridized carbons (Fsp3) is 0.333. The molecule has 6 nitrogen and oxygen atoms in total. The van der Waals surface area contributed by atoms with Gasteiger partial charge in [-0.3, -0.25) is 9.59 Å². The van der Waals surface area contributed by atoms with Gasteiger partial charge < -0.3 is 11.1 Å². The minimum absolute atomic E-state index is 0.0470. The number of primary amides is 1.